The molecule has 0 saturated heterocycles. The van der Waals surface area contributed by atoms with Crippen LogP contribution < -0.4 is 17.2 Å². The zero-order chi connectivity index (χ0) is 9.94. The van der Waals surface area contributed by atoms with Crippen LogP contribution in [0.25, 0.3) is 0 Å². The summed E-state index contributed by atoms with van der Waals surface area (Å²) in [5.74, 6) is 0. The molecule has 0 heterocycles. The van der Waals surface area contributed by atoms with Gasteiger partial charge in [0.05, 0.1) is 0 Å². The predicted molar refractivity (Wildman–Crippen MR) is 62.6 cm³/mol. The summed E-state index contributed by atoms with van der Waals surface area (Å²) in [5, 5.41) is 4.30. The Kier molecular flexibility index (Phi) is 10.8. The Morgan fingerprint density at radius 3 is 1.15 bits per heavy atom. The normalized spacial score (nSPS) is 11.1. The molecular weight excluding hydrogens is 223 g/mol. The summed E-state index contributed by atoms with van der Waals surface area (Å²) < 4.78 is 0. The van der Waals surface area contributed by atoms with E-state index < -0.39 is 14.3 Å². The van der Waals surface area contributed by atoms with Gasteiger partial charge >= 0.3 is 86.2 Å². The van der Waals surface area contributed by atoms with Gasteiger partial charge in [0.2, 0.25) is 0 Å². The van der Waals surface area contributed by atoms with E-state index in [0.717, 1.165) is 19.6 Å². The molecule has 0 aliphatic rings. The van der Waals surface area contributed by atoms with Gasteiger partial charge in [-0.15, -0.1) is 0 Å². The molecule has 0 bridgehead atoms. The van der Waals surface area contributed by atoms with Crippen molar-refractivity contribution in [2.24, 2.45) is 17.2 Å². The second-order valence-electron chi connectivity index (χ2n) is 3.66. The van der Waals surface area contributed by atoms with E-state index in [2.05, 4.69) is 0 Å². The van der Waals surface area contributed by atoms with Crippen molar-refractivity contribution in [1.29, 1.82) is 0 Å². The van der Waals surface area contributed by atoms with Crippen LogP contribution in [0.5, 0.6) is 0 Å². The third-order valence-electron chi connectivity index (χ3n) is 2.45. The first-order chi connectivity index (χ1) is 6.35. The molecule has 0 aromatic carbocycles. The fourth-order valence-electron chi connectivity index (χ4n) is 1.65. The van der Waals surface area contributed by atoms with Crippen molar-refractivity contribution in [3.63, 3.8) is 0 Å². The minimum absolute atomic E-state index is 0.854. The monoisotopic (exact) mass is 249 g/mol. The molecule has 3 nitrogen and oxygen atoms in total. The van der Waals surface area contributed by atoms with Crippen LogP contribution >= 0.6 is 0 Å². The van der Waals surface area contributed by atoms with Gasteiger partial charge in [0, 0.05) is 0 Å². The van der Waals surface area contributed by atoms with Crippen LogP contribution in [0.2, 0.25) is 15.8 Å². The fraction of sp³-hybridized carbons (Fsp3) is 1.00. The van der Waals surface area contributed by atoms with Crippen LogP contribution in [0.3, 0.4) is 0 Å². The molecule has 0 aromatic heterocycles. The van der Waals surface area contributed by atoms with Crippen molar-refractivity contribution in [2.45, 2.75) is 35.0 Å². The summed E-state index contributed by atoms with van der Waals surface area (Å²) in [4.78, 5) is 0. The molecule has 0 atom stereocenters. The molecular formula is C9H25GeN3. The quantitative estimate of drug-likeness (QED) is 0.512. The van der Waals surface area contributed by atoms with Crippen LogP contribution in [0.15, 0.2) is 0 Å². The number of hydrogen-bond donors (Lipinski definition) is 3. The zero-order valence-corrected chi connectivity index (χ0v) is 11.1. The third kappa shape index (κ3) is 8.74. The number of nitrogens with two attached hydrogens (primary N) is 3. The summed E-state index contributed by atoms with van der Waals surface area (Å²) in [5.41, 5.74) is 16.5. The average molecular weight is 248 g/mol. The molecule has 0 unspecified atom stereocenters. The summed E-state index contributed by atoms with van der Waals surface area (Å²) in [7, 11) is 0. The van der Waals surface area contributed by atoms with Gasteiger partial charge in [0.15, 0.2) is 0 Å². The van der Waals surface area contributed by atoms with Crippen molar-refractivity contribution >= 4 is 14.3 Å². The van der Waals surface area contributed by atoms with Crippen molar-refractivity contribution in [3.05, 3.63) is 0 Å². The van der Waals surface area contributed by atoms with Gasteiger partial charge in [-0.1, -0.05) is 0 Å². The van der Waals surface area contributed by atoms with E-state index in [4.69, 9.17) is 17.2 Å². The van der Waals surface area contributed by atoms with E-state index in [1.165, 1.54) is 35.0 Å². The van der Waals surface area contributed by atoms with E-state index in [1.807, 2.05) is 0 Å². The van der Waals surface area contributed by atoms with Gasteiger partial charge in [0.25, 0.3) is 0 Å². The van der Waals surface area contributed by atoms with E-state index in [-0.39, 0.29) is 0 Å². The molecule has 80 valence electrons. The maximum atomic E-state index is 5.51. The SMILES string of the molecule is NCC[CH2][GeH]([CH2]CCN)[CH2]CCN. The summed E-state index contributed by atoms with van der Waals surface area (Å²) >= 11 is -0.992. The molecule has 0 rings (SSSR count). The van der Waals surface area contributed by atoms with Crippen LogP contribution in [-0.2, 0) is 0 Å². The van der Waals surface area contributed by atoms with E-state index in [9.17, 15) is 0 Å². The van der Waals surface area contributed by atoms with E-state index in [0.29, 0.717) is 0 Å². The van der Waals surface area contributed by atoms with Crippen molar-refractivity contribution < 1.29 is 0 Å². The summed E-state index contributed by atoms with van der Waals surface area (Å²) in [6.45, 7) is 2.56. The van der Waals surface area contributed by atoms with Gasteiger partial charge in [0.1, 0.15) is 0 Å². The molecule has 6 N–H and O–H groups in total. The van der Waals surface area contributed by atoms with Gasteiger partial charge in [-0.25, -0.2) is 0 Å². The molecule has 0 aliphatic carbocycles. The Hall–Kier alpha value is 0.423. The molecule has 4 heteroatoms. The first-order valence-corrected chi connectivity index (χ1v) is 10.6. The molecule has 0 saturated carbocycles. The first kappa shape index (κ1) is 13.4. The second-order valence-corrected chi connectivity index (χ2v) is 10.9. The minimum atomic E-state index is -0.992. The number of hydrogen-bond acceptors (Lipinski definition) is 3. The van der Waals surface area contributed by atoms with Crippen molar-refractivity contribution in [1.82, 2.24) is 0 Å². The maximum absolute atomic E-state index is 5.51. The van der Waals surface area contributed by atoms with Crippen molar-refractivity contribution in [2.75, 3.05) is 19.6 Å². The standard InChI is InChI=1S/C9H25GeN3/c11-7-1-4-10(5-2-8-12)6-3-9-13/h10H,1-9,11-13H2. The first-order valence-electron chi connectivity index (χ1n) is 5.45. The van der Waals surface area contributed by atoms with Crippen LogP contribution in [0.4, 0.5) is 0 Å². The Bertz CT molecular complexity index is 81.8. The molecule has 0 aromatic rings. The van der Waals surface area contributed by atoms with E-state index in [1.54, 1.807) is 0 Å². The summed E-state index contributed by atoms with van der Waals surface area (Å²) in [6, 6.07) is 0. The van der Waals surface area contributed by atoms with Gasteiger partial charge < -0.3 is 0 Å². The van der Waals surface area contributed by atoms with Crippen molar-refractivity contribution in [3.8, 4) is 0 Å². The summed E-state index contributed by atoms with van der Waals surface area (Å²) in [6.07, 6.45) is 3.67. The second kappa shape index (κ2) is 10.5. The van der Waals surface area contributed by atoms with Crippen LogP contribution in [0.1, 0.15) is 19.3 Å². The topological polar surface area (TPSA) is 78.1 Å². The average Bonchev–Trinajstić information content (AvgIpc) is 2.17. The van der Waals surface area contributed by atoms with Gasteiger partial charge in [-0.05, 0) is 0 Å². The molecule has 0 fully saturated rings. The molecule has 0 radical (unpaired) electrons. The van der Waals surface area contributed by atoms with Crippen LogP contribution in [0, 0.1) is 0 Å². The third-order valence-corrected chi connectivity index (χ3v) is 10.2. The van der Waals surface area contributed by atoms with Gasteiger partial charge in [-0.3, -0.25) is 0 Å². The van der Waals surface area contributed by atoms with E-state index >= 15 is 0 Å². The predicted octanol–water partition coefficient (Wildman–Crippen LogP) is 0.260. The Labute approximate surface area is 86.5 Å². The zero-order valence-electron chi connectivity index (χ0n) is 8.67. The molecule has 0 aliphatic heterocycles. The Morgan fingerprint density at radius 1 is 0.615 bits per heavy atom. The number of rotatable bonds is 9. The van der Waals surface area contributed by atoms with Crippen LogP contribution in [-0.4, -0.2) is 34.0 Å². The Morgan fingerprint density at radius 2 is 0.923 bits per heavy atom. The van der Waals surface area contributed by atoms with Gasteiger partial charge in [-0.2, -0.15) is 0 Å². The molecule has 13 heavy (non-hydrogen) atoms. The molecule has 0 spiro atoms. The Balaban J connectivity index is 3.47. The molecule has 0 amide bonds. The fourth-order valence-corrected chi connectivity index (χ4v) is 8.59.